The van der Waals surface area contributed by atoms with Gasteiger partial charge in [-0.25, -0.2) is 17.5 Å². The Morgan fingerprint density at radius 3 is 2.65 bits per heavy atom. The lowest BCUT2D eigenvalue weighted by molar-refractivity contribution is 0.449. The van der Waals surface area contributed by atoms with Gasteiger partial charge in [0.25, 0.3) is 0 Å². The summed E-state index contributed by atoms with van der Waals surface area (Å²) in [6, 6.07) is 3.73. The molecule has 2 rings (SSSR count). The number of halogens is 1. The molecule has 6 heteroatoms. The van der Waals surface area contributed by atoms with Crippen LogP contribution in [0.5, 0.6) is 0 Å². The minimum atomic E-state index is -3.59. The molecule has 1 saturated carbocycles. The predicted octanol–water partition coefficient (Wildman–Crippen LogP) is 2.14. The van der Waals surface area contributed by atoms with Crippen molar-refractivity contribution in [1.82, 2.24) is 4.72 Å². The fourth-order valence-electron chi connectivity index (χ4n) is 2.43. The van der Waals surface area contributed by atoms with E-state index >= 15 is 0 Å². The Kier molecular flexibility index (Phi) is 4.46. The standard InChI is InChI=1S/C14H21FN2O2S/c1-2-5-14(6-7-14)10-17-20(18,19)12-3-4-13(15)11(8-12)9-16/h3-4,8,17H,2,5-7,9-10,16H2,1H3. The van der Waals surface area contributed by atoms with Crippen LogP contribution < -0.4 is 10.5 Å². The molecule has 0 aromatic heterocycles. The Labute approximate surface area is 119 Å². The monoisotopic (exact) mass is 300 g/mol. The largest absolute Gasteiger partial charge is 0.326 e. The molecule has 0 heterocycles. The van der Waals surface area contributed by atoms with Crippen LogP contribution in [0.4, 0.5) is 4.39 Å². The summed E-state index contributed by atoms with van der Waals surface area (Å²) >= 11 is 0. The van der Waals surface area contributed by atoms with Gasteiger partial charge in [-0.2, -0.15) is 0 Å². The number of nitrogens with one attached hydrogen (secondary N) is 1. The highest BCUT2D eigenvalue weighted by molar-refractivity contribution is 7.89. The van der Waals surface area contributed by atoms with E-state index in [1.165, 1.54) is 12.1 Å². The number of benzene rings is 1. The van der Waals surface area contributed by atoms with Crippen molar-refractivity contribution in [3.05, 3.63) is 29.6 Å². The maximum absolute atomic E-state index is 13.3. The molecule has 0 unspecified atom stereocenters. The Balaban J connectivity index is 2.10. The molecule has 0 spiro atoms. The first-order valence-corrected chi connectivity index (χ1v) is 8.39. The fourth-order valence-corrected chi connectivity index (χ4v) is 3.64. The highest BCUT2D eigenvalue weighted by atomic mass is 32.2. The molecule has 0 aliphatic heterocycles. The lowest BCUT2D eigenvalue weighted by atomic mass is 10.0. The van der Waals surface area contributed by atoms with Crippen molar-refractivity contribution < 1.29 is 12.8 Å². The number of hydrogen-bond donors (Lipinski definition) is 2. The zero-order chi connectivity index (χ0) is 14.8. The molecule has 0 bridgehead atoms. The summed E-state index contributed by atoms with van der Waals surface area (Å²) in [6.45, 7) is 2.54. The third kappa shape index (κ3) is 3.37. The summed E-state index contributed by atoms with van der Waals surface area (Å²) in [6.07, 6.45) is 4.23. The summed E-state index contributed by atoms with van der Waals surface area (Å²) in [7, 11) is -3.59. The van der Waals surface area contributed by atoms with Crippen LogP contribution in [-0.2, 0) is 16.6 Å². The van der Waals surface area contributed by atoms with E-state index in [1.807, 2.05) is 0 Å². The SMILES string of the molecule is CCCC1(CNS(=O)(=O)c2ccc(F)c(CN)c2)CC1. The normalized spacial score (nSPS) is 17.1. The maximum atomic E-state index is 13.3. The Hall–Kier alpha value is -0.980. The van der Waals surface area contributed by atoms with Crippen molar-refractivity contribution in [1.29, 1.82) is 0 Å². The van der Waals surface area contributed by atoms with Crippen LogP contribution in [0.25, 0.3) is 0 Å². The van der Waals surface area contributed by atoms with Gasteiger partial charge in [0.15, 0.2) is 0 Å². The summed E-state index contributed by atoms with van der Waals surface area (Å²) in [5, 5.41) is 0. The molecular weight excluding hydrogens is 279 g/mol. The fraction of sp³-hybridized carbons (Fsp3) is 0.571. The van der Waals surface area contributed by atoms with Gasteiger partial charge in [0.2, 0.25) is 10.0 Å². The van der Waals surface area contributed by atoms with E-state index in [2.05, 4.69) is 11.6 Å². The number of sulfonamides is 1. The summed E-state index contributed by atoms with van der Waals surface area (Å²) < 4.78 is 40.4. The number of hydrogen-bond acceptors (Lipinski definition) is 3. The molecule has 1 aliphatic rings. The first kappa shape index (κ1) is 15.4. The van der Waals surface area contributed by atoms with Crippen molar-refractivity contribution in [2.45, 2.75) is 44.0 Å². The minimum absolute atomic E-state index is 0.0189. The van der Waals surface area contributed by atoms with Crippen LogP contribution in [0.15, 0.2) is 23.1 Å². The molecular formula is C14H21FN2O2S. The van der Waals surface area contributed by atoms with Gasteiger partial charge in [-0.05, 0) is 42.9 Å². The lowest BCUT2D eigenvalue weighted by Gasteiger charge is -2.15. The smallest absolute Gasteiger partial charge is 0.240 e. The molecule has 1 aliphatic carbocycles. The lowest BCUT2D eigenvalue weighted by Crippen LogP contribution is -2.30. The number of nitrogens with two attached hydrogens (primary N) is 1. The van der Waals surface area contributed by atoms with Crippen LogP contribution in [0, 0.1) is 11.2 Å². The molecule has 3 N–H and O–H groups in total. The molecule has 1 aromatic rings. The van der Waals surface area contributed by atoms with Gasteiger partial charge in [-0.1, -0.05) is 13.3 Å². The average molecular weight is 300 g/mol. The van der Waals surface area contributed by atoms with Crippen LogP contribution >= 0.6 is 0 Å². The molecule has 0 saturated heterocycles. The van der Waals surface area contributed by atoms with E-state index in [1.54, 1.807) is 0 Å². The van der Waals surface area contributed by atoms with Gasteiger partial charge in [0.05, 0.1) is 4.90 Å². The van der Waals surface area contributed by atoms with Gasteiger partial charge in [0.1, 0.15) is 5.82 Å². The average Bonchev–Trinajstić information content (AvgIpc) is 3.18. The summed E-state index contributed by atoms with van der Waals surface area (Å²) in [5.41, 5.74) is 5.75. The van der Waals surface area contributed by atoms with Crippen LogP contribution in [0.2, 0.25) is 0 Å². The van der Waals surface area contributed by atoms with E-state index < -0.39 is 15.8 Å². The van der Waals surface area contributed by atoms with E-state index in [0.717, 1.165) is 31.7 Å². The predicted molar refractivity (Wildman–Crippen MR) is 76.1 cm³/mol. The van der Waals surface area contributed by atoms with Gasteiger partial charge < -0.3 is 5.73 Å². The van der Waals surface area contributed by atoms with Crippen molar-refractivity contribution in [3.63, 3.8) is 0 Å². The Bertz CT molecular complexity index is 583. The van der Waals surface area contributed by atoms with Crippen LogP contribution in [-0.4, -0.2) is 15.0 Å². The number of rotatable bonds is 7. The third-order valence-corrected chi connectivity index (χ3v) is 5.32. The van der Waals surface area contributed by atoms with Crippen molar-refractivity contribution >= 4 is 10.0 Å². The topological polar surface area (TPSA) is 72.2 Å². The second-order valence-corrected chi connectivity index (χ2v) is 7.30. The van der Waals surface area contributed by atoms with Crippen molar-refractivity contribution in [3.8, 4) is 0 Å². The Morgan fingerprint density at radius 1 is 1.40 bits per heavy atom. The maximum Gasteiger partial charge on any atom is 0.240 e. The molecule has 0 atom stereocenters. The zero-order valence-electron chi connectivity index (χ0n) is 11.7. The molecule has 1 fully saturated rings. The van der Waals surface area contributed by atoms with E-state index in [4.69, 9.17) is 5.73 Å². The quantitative estimate of drug-likeness (QED) is 0.810. The second-order valence-electron chi connectivity index (χ2n) is 5.53. The summed E-state index contributed by atoms with van der Waals surface area (Å²) in [4.78, 5) is 0.0756. The first-order valence-electron chi connectivity index (χ1n) is 6.91. The Morgan fingerprint density at radius 2 is 2.10 bits per heavy atom. The van der Waals surface area contributed by atoms with Crippen molar-refractivity contribution in [2.24, 2.45) is 11.1 Å². The second kappa shape index (κ2) is 5.79. The van der Waals surface area contributed by atoms with Gasteiger partial charge >= 0.3 is 0 Å². The van der Waals surface area contributed by atoms with Crippen LogP contribution in [0.1, 0.15) is 38.2 Å². The molecule has 1 aromatic carbocycles. The molecule has 0 amide bonds. The van der Waals surface area contributed by atoms with E-state index in [-0.39, 0.29) is 22.4 Å². The van der Waals surface area contributed by atoms with Crippen molar-refractivity contribution in [2.75, 3.05) is 6.54 Å². The van der Waals surface area contributed by atoms with E-state index in [9.17, 15) is 12.8 Å². The third-order valence-electron chi connectivity index (χ3n) is 3.92. The van der Waals surface area contributed by atoms with Gasteiger partial charge in [-0.3, -0.25) is 0 Å². The van der Waals surface area contributed by atoms with Crippen LogP contribution in [0.3, 0.4) is 0 Å². The first-order chi connectivity index (χ1) is 9.42. The molecule has 4 nitrogen and oxygen atoms in total. The summed E-state index contributed by atoms with van der Waals surface area (Å²) in [5.74, 6) is -0.476. The molecule has 0 radical (unpaired) electrons. The van der Waals surface area contributed by atoms with Gasteiger partial charge in [-0.15, -0.1) is 0 Å². The highest BCUT2D eigenvalue weighted by Gasteiger charge is 2.42. The highest BCUT2D eigenvalue weighted by Crippen LogP contribution is 2.49. The van der Waals surface area contributed by atoms with E-state index in [0.29, 0.717) is 6.54 Å². The molecule has 20 heavy (non-hydrogen) atoms. The van der Waals surface area contributed by atoms with Gasteiger partial charge in [0, 0.05) is 18.7 Å². The molecule has 112 valence electrons. The zero-order valence-corrected chi connectivity index (χ0v) is 12.5. The minimum Gasteiger partial charge on any atom is -0.326 e.